The van der Waals surface area contributed by atoms with E-state index >= 15 is 0 Å². The second kappa shape index (κ2) is 9.18. The number of imidazole rings is 1. The molecule has 0 bridgehead atoms. The number of carbonyl (C=O) groups excluding carboxylic acids is 1. The van der Waals surface area contributed by atoms with E-state index in [1.807, 2.05) is 36.0 Å². The zero-order chi connectivity index (χ0) is 24.5. The molecule has 178 valence electrons. The van der Waals surface area contributed by atoms with Gasteiger partial charge in [0.1, 0.15) is 33.2 Å². The first-order valence-electron chi connectivity index (χ1n) is 10.4. The third-order valence-corrected chi connectivity index (χ3v) is 6.29. The van der Waals surface area contributed by atoms with Crippen LogP contribution in [0.4, 0.5) is 0 Å². The number of aromatic nitrogens is 4. The van der Waals surface area contributed by atoms with Crippen LogP contribution in [0, 0.1) is 0 Å². The number of benzene rings is 2. The number of rotatable bonds is 8. The van der Waals surface area contributed by atoms with Crippen LogP contribution in [-0.4, -0.2) is 66.4 Å². The van der Waals surface area contributed by atoms with Crippen molar-refractivity contribution in [2.75, 3.05) is 32.8 Å². The Morgan fingerprint density at radius 3 is 2.38 bits per heavy atom. The van der Waals surface area contributed by atoms with Gasteiger partial charge in [0.2, 0.25) is 0 Å². The molecule has 4 rings (SSSR count). The predicted molar refractivity (Wildman–Crippen MR) is 128 cm³/mol. The molecular weight excluding hydrogens is 458 g/mol. The SMILES string of the molecule is COc1cc(-n2cnc3cc(-c4cnn(C)c4)ccc32)cc(OC)c1C(=O)NCCS(C)(=O)=O. The van der Waals surface area contributed by atoms with Crippen LogP contribution in [0.5, 0.6) is 11.5 Å². The van der Waals surface area contributed by atoms with Gasteiger partial charge in [-0.3, -0.25) is 14.0 Å². The summed E-state index contributed by atoms with van der Waals surface area (Å²) < 4.78 is 37.3. The first-order chi connectivity index (χ1) is 16.2. The van der Waals surface area contributed by atoms with E-state index in [1.165, 1.54) is 14.2 Å². The van der Waals surface area contributed by atoms with Gasteiger partial charge < -0.3 is 14.8 Å². The molecule has 1 N–H and O–H groups in total. The van der Waals surface area contributed by atoms with E-state index in [4.69, 9.17) is 9.47 Å². The van der Waals surface area contributed by atoms with Gasteiger partial charge in [-0.05, 0) is 17.7 Å². The Kier molecular flexibility index (Phi) is 6.29. The van der Waals surface area contributed by atoms with Crippen LogP contribution in [0.15, 0.2) is 49.1 Å². The summed E-state index contributed by atoms with van der Waals surface area (Å²) in [4.78, 5) is 17.3. The van der Waals surface area contributed by atoms with Gasteiger partial charge in [0, 0.05) is 43.7 Å². The monoisotopic (exact) mass is 483 g/mol. The van der Waals surface area contributed by atoms with Crippen molar-refractivity contribution >= 4 is 26.8 Å². The van der Waals surface area contributed by atoms with E-state index in [-0.39, 0.29) is 17.9 Å². The van der Waals surface area contributed by atoms with Crippen LogP contribution in [-0.2, 0) is 16.9 Å². The number of nitrogens with zero attached hydrogens (tertiary/aromatic N) is 4. The molecule has 0 atom stereocenters. The fourth-order valence-electron chi connectivity index (χ4n) is 3.67. The molecule has 0 spiro atoms. The summed E-state index contributed by atoms with van der Waals surface area (Å²) in [5, 5.41) is 6.83. The summed E-state index contributed by atoms with van der Waals surface area (Å²) >= 11 is 0. The zero-order valence-electron chi connectivity index (χ0n) is 19.3. The minimum absolute atomic E-state index is 0.0167. The maximum Gasteiger partial charge on any atom is 0.258 e. The number of nitrogens with one attached hydrogen (secondary N) is 1. The van der Waals surface area contributed by atoms with Gasteiger partial charge >= 0.3 is 0 Å². The van der Waals surface area contributed by atoms with Gasteiger partial charge in [0.05, 0.1) is 42.9 Å². The average molecular weight is 484 g/mol. The van der Waals surface area contributed by atoms with Crippen LogP contribution < -0.4 is 14.8 Å². The van der Waals surface area contributed by atoms with E-state index in [9.17, 15) is 13.2 Å². The zero-order valence-corrected chi connectivity index (χ0v) is 20.1. The summed E-state index contributed by atoms with van der Waals surface area (Å²) in [6, 6.07) is 9.38. The Morgan fingerprint density at radius 1 is 1.09 bits per heavy atom. The largest absolute Gasteiger partial charge is 0.496 e. The van der Waals surface area contributed by atoms with Crippen molar-refractivity contribution in [3.05, 3.63) is 54.6 Å². The standard InChI is InChI=1S/C23H25N5O5S/c1-27-13-16(12-26-27)15-5-6-19-18(9-15)25-14-28(19)17-10-20(32-2)22(21(11-17)33-3)23(29)24-7-8-34(4,30)31/h5-6,9-14H,7-8H2,1-4H3,(H,24,29). The molecule has 1 amide bonds. The molecule has 0 aliphatic carbocycles. The van der Waals surface area contributed by atoms with Crippen molar-refractivity contribution in [3.8, 4) is 28.3 Å². The molecular formula is C23H25N5O5S. The number of fused-ring (bicyclic) bond motifs is 1. The number of hydrogen-bond donors (Lipinski definition) is 1. The van der Waals surface area contributed by atoms with E-state index < -0.39 is 15.7 Å². The molecule has 11 heteroatoms. The lowest BCUT2D eigenvalue weighted by molar-refractivity contribution is 0.0950. The van der Waals surface area contributed by atoms with Crippen molar-refractivity contribution < 1.29 is 22.7 Å². The lowest BCUT2D eigenvalue weighted by Crippen LogP contribution is -2.29. The van der Waals surface area contributed by atoms with Crippen molar-refractivity contribution in [2.24, 2.45) is 7.05 Å². The van der Waals surface area contributed by atoms with Crippen LogP contribution in [0.25, 0.3) is 27.8 Å². The van der Waals surface area contributed by atoms with Crippen LogP contribution >= 0.6 is 0 Å². The molecule has 2 aromatic carbocycles. The Balaban J connectivity index is 1.70. The lowest BCUT2D eigenvalue weighted by atomic mass is 10.1. The fraction of sp³-hybridized carbons (Fsp3) is 0.261. The van der Waals surface area contributed by atoms with Gasteiger partial charge in [-0.15, -0.1) is 0 Å². The fourth-order valence-corrected chi connectivity index (χ4v) is 4.14. The molecule has 0 radical (unpaired) electrons. The summed E-state index contributed by atoms with van der Waals surface area (Å²) in [6.45, 7) is -0.0167. The number of carbonyl (C=O) groups is 1. The maximum absolute atomic E-state index is 12.8. The topological polar surface area (TPSA) is 117 Å². The van der Waals surface area contributed by atoms with Crippen LogP contribution in [0.1, 0.15) is 10.4 Å². The maximum atomic E-state index is 12.8. The molecule has 0 saturated heterocycles. The van der Waals surface area contributed by atoms with E-state index in [2.05, 4.69) is 15.4 Å². The first kappa shape index (κ1) is 23.3. The molecule has 0 aliphatic heterocycles. The number of ether oxygens (including phenoxy) is 2. The number of sulfone groups is 1. The number of methoxy groups -OCH3 is 2. The Bertz CT molecular complexity index is 1450. The molecule has 0 fully saturated rings. The third-order valence-electron chi connectivity index (χ3n) is 5.34. The summed E-state index contributed by atoms with van der Waals surface area (Å²) in [5.41, 5.74) is 4.53. The Labute approximate surface area is 197 Å². The van der Waals surface area contributed by atoms with Gasteiger partial charge in [-0.2, -0.15) is 5.10 Å². The highest BCUT2D eigenvalue weighted by Gasteiger charge is 2.21. The highest BCUT2D eigenvalue weighted by molar-refractivity contribution is 7.90. The second-order valence-electron chi connectivity index (χ2n) is 7.83. The third kappa shape index (κ3) is 4.74. The van der Waals surface area contributed by atoms with Crippen LogP contribution in [0.3, 0.4) is 0 Å². The minimum Gasteiger partial charge on any atom is -0.496 e. The Hall–Kier alpha value is -3.86. The lowest BCUT2D eigenvalue weighted by Gasteiger charge is -2.16. The average Bonchev–Trinajstić information content (AvgIpc) is 3.42. The van der Waals surface area contributed by atoms with E-state index in [0.717, 1.165) is 28.4 Å². The number of aryl methyl sites for hydroxylation is 1. The van der Waals surface area contributed by atoms with E-state index in [1.54, 1.807) is 29.3 Å². The molecule has 10 nitrogen and oxygen atoms in total. The molecule has 0 aliphatic rings. The molecule has 2 aromatic heterocycles. The summed E-state index contributed by atoms with van der Waals surface area (Å²) in [7, 11) is 1.58. The van der Waals surface area contributed by atoms with E-state index in [0.29, 0.717) is 17.2 Å². The smallest absolute Gasteiger partial charge is 0.258 e. The van der Waals surface area contributed by atoms with Gasteiger partial charge in [0.15, 0.2) is 0 Å². The predicted octanol–water partition coefficient (Wildman–Crippen LogP) is 2.22. The molecule has 0 saturated carbocycles. The summed E-state index contributed by atoms with van der Waals surface area (Å²) in [5.74, 6) is -0.0654. The molecule has 4 aromatic rings. The highest BCUT2D eigenvalue weighted by atomic mass is 32.2. The van der Waals surface area contributed by atoms with Crippen LogP contribution in [0.2, 0.25) is 0 Å². The van der Waals surface area contributed by atoms with Crippen molar-refractivity contribution in [1.29, 1.82) is 0 Å². The van der Waals surface area contributed by atoms with Crippen molar-refractivity contribution in [1.82, 2.24) is 24.6 Å². The number of amides is 1. The normalized spacial score (nSPS) is 11.5. The minimum atomic E-state index is -3.20. The molecule has 2 heterocycles. The quantitative estimate of drug-likeness (QED) is 0.408. The molecule has 0 unspecified atom stereocenters. The van der Waals surface area contributed by atoms with Gasteiger partial charge in [0.25, 0.3) is 5.91 Å². The number of hydrogen-bond acceptors (Lipinski definition) is 7. The Morgan fingerprint density at radius 2 is 1.79 bits per heavy atom. The molecule has 34 heavy (non-hydrogen) atoms. The first-order valence-corrected chi connectivity index (χ1v) is 12.4. The van der Waals surface area contributed by atoms with Gasteiger partial charge in [-0.25, -0.2) is 13.4 Å². The highest BCUT2D eigenvalue weighted by Crippen LogP contribution is 2.34. The van der Waals surface area contributed by atoms with Crippen molar-refractivity contribution in [3.63, 3.8) is 0 Å². The van der Waals surface area contributed by atoms with Crippen molar-refractivity contribution in [2.45, 2.75) is 0 Å². The summed E-state index contributed by atoms with van der Waals surface area (Å²) in [6.07, 6.45) is 6.54. The van der Waals surface area contributed by atoms with Gasteiger partial charge in [-0.1, -0.05) is 6.07 Å². The second-order valence-corrected chi connectivity index (χ2v) is 10.1.